The highest BCUT2D eigenvalue weighted by Gasteiger charge is 2.70. The van der Waals surface area contributed by atoms with Crippen molar-refractivity contribution < 1.29 is 15.0 Å². The molecule has 186 valence electrons. The van der Waals surface area contributed by atoms with Crippen molar-refractivity contribution in [3.05, 3.63) is 23.3 Å². The summed E-state index contributed by atoms with van der Waals surface area (Å²) in [6, 6.07) is 0. The average molecular weight is 457 g/mol. The van der Waals surface area contributed by atoms with Gasteiger partial charge in [0.1, 0.15) is 5.78 Å². The molecule has 2 N–H and O–H groups in total. The lowest BCUT2D eigenvalue weighted by molar-refractivity contribution is -0.171. The highest BCUT2D eigenvalue weighted by atomic mass is 16.3. The van der Waals surface area contributed by atoms with Crippen LogP contribution in [0.2, 0.25) is 0 Å². The molecule has 0 saturated heterocycles. The molecule has 3 heteroatoms. The van der Waals surface area contributed by atoms with Crippen LogP contribution in [0.3, 0.4) is 0 Å². The fraction of sp³-hybridized carbons (Fsp3) is 0.833. The molecule has 3 nitrogen and oxygen atoms in total. The summed E-state index contributed by atoms with van der Waals surface area (Å²) in [5.41, 5.74) is 2.11. The van der Waals surface area contributed by atoms with Crippen molar-refractivity contribution in [2.45, 2.75) is 106 Å². The molecule has 0 aliphatic heterocycles. The van der Waals surface area contributed by atoms with Crippen molar-refractivity contribution in [2.75, 3.05) is 6.61 Å². The molecule has 4 aliphatic rings. The van der Waals surface area contributed by atoms with Gasteiger partial charge in [0, 0.05) is 17.3 Å². The van der Waals surface area contributed by atoms with E-state index in [-0.39, 0.29) is 40.3 Å². The molecule has 0 spiro atoms. The minimum Gasteiger partial charge on any atom is -0.392 e. The molecule has 3 saturated carbocycles. The number of ketones is 1. The predicted molar refractivity (Wildman–Crippen MR) is 135 cm³/mol. The predicted octanol–water partition coefficient (Wildman–Crippen LogP) is 6.49. The zero-order valence-corrected chi connectivity index (χ0v) is 22.2. The largest absolute Gasteiger partial charge is 0.392 e. The molecule has 0 amide bonds. The maximum Gasteiger partial charge on any atom is 0.140 e. The lowest BCUT2D eigenvalue weighted by atomic mass is 9.38. The number of aliphatic hydroxyl groups excluding tert-OH is 2. The lowest BCUT2D eigenvalue weighted by Gasteiger charge is -2.64. The van der Waals surface area contributed by atoms with Crippen LogP contribution in [0, 0.1) is 45.3 Å². The normalized spacial score (nSPS) is 45.7. The molecule has 8 atom stereocenters. The third kappa shape index (κ3) is 3.46. The van der Waals surface area contributed by atoms with E-state index in [0.29, 0.717) is 30.0 Å². The van der Waals surface area contributed by atoms with Gasteiger partial charge in [-0.05, 0) is 86.4 Å². The van der Waals surface area contributed by atoms with E-state index in [9.17, 15) is 15.0 Å². The van der Waals surface area contributed by atoms with Gasteiger partial charge in [0.15, 0.2) is 0 Å². The first-order valence-corrected chi connectivity index (χ1v) is 13.5. The van der Waals surface area contributed by atoms with Gasteiger partial charge in [-0.15, -0.1) is 0 Å². The summed E-state index contributed by atoms with van der Waals surface area (Å²) in [6.07, 6.45) is 12.4. The molecule has 4 rings (SSSR count). The molecule has 0 heterocycles. The standard InChI is InChI=1S/C30H48O3/c1-19(18-31)9-8-10-20(2)21-15-16-28(5)24-13-11-22-23(12-14-25(32)27(22,3)4)30(24,7)26(33)17-29(21,28)6/h9,11,20-21,23-25,31-32H,8,10,12-18H2,1-7H3/b19-9-/t20-,21-,23-,24+,25+,28+,29-,30+/m1/s1. The van der Waals surface area contributed by atoms with Crippen molar-refractivity contribution in [1.82, 2.24) is 0 Å². The zero-order valence-electron chi connectivity index (χ0n) is 22.2. The fourth-order valence-electron chi connectivity index (χ4n) is 9.24. The van der Waals surface area contributed by atoms with Crippen LogP contribution in [0.5, 0.6) is 0 Å². The molecule has 4 aliphatic carbocycles. The molecule has 0 unspecified atom stereocenters. The van der Waals surface area contributed by atoms with E-state index >= 15 is 0 Å². The van der Waals surface area contributed by atoms with Crippen molar-refractivity contribution >= 4 is 5.78 Å². The first kappa shape index (κ1) is 25.2. The van der Waals surface area contributed by atoms with Gasteiger partial charge in [-0.1, -0.05) is 64.8 Å². The number of allylic oxidation sites excluding steroid dienone is 2. The molecule has 0 bridgehead atoms. The topological polar surface area (TPSA) is 57.5 Å². The van der Waals surface area contributed by atoms with E-state index < -0.39 is 0 Å². The third-order valence-corrected chi connectivity index (χ3v) is 11.7. The van der Waals surface area contributed by atoms with E-state index in [1.165, 1.54) is 18.4 Å². The van der Waals surface area contributed by atoms with Gasteiger partial charge in [0.2, 0.25) is 0 Å². The Bertz CT molecular complexity index is 853. The Morgan fingerprint density at radius 2 is 1.85 bits per heavy atom. The minimum atomic E-state index is -0.306. The van der Waals surface area contributed by atoms with E-state index in [0.717, 1.165) is 37.7 Å². The van der Waals surface area contributed by atoms with Gasteiger partial charge in [-0.25, -0.2) is 0 Å². The second-order valence-corrected chi connectivity index (χ2v) is 13.4. The number of Topliss-reactive ketones (excluding diaryl/α,β-unsaturated/α-hetero) is 1. The van der Waals surface area contributed by atoms with Gasteiger partial charge < -0.3 is 10.2 Å². The van der Waals surface area contributed by atoms with Crippen molar-refractivity contribution in [3.8, 4) is 0 Å². The van der Waals surface area contributed by atoms with E-state index in [1.54, 1.807) is 0 Å². The Morgan fingerprint density at radius 3 is 2.52 bits per heavy atom. The highest BCUT2D eigenvalue weighted by molar-refractivity contribution is 5.88. The summed E-state index contributed by atoms with van der Waals surface area (Å²) in [6.45, 7) is 16.2. The summed E-state index contributed by atoms with van der Waals surface area (Å²) in [5.74, 6) is 2.32. The second kappa shape index (κ2) is 8.33. The van der Waals surface area contributed by atoms with Gasteiger partial charge in [0.05, 0.1) is 12.7 Å². The van der Waals surface area contributed by atoms with Gasteiger partial charge in [-0.2, -0.15) is 0 Å². The second-order valence-electron chi connectivity index (χ2n) is 13.4. The van der Waals surface area contributed by atoms with Crippen LogP contribution < -0.4 is 0 Å². The Kier molecular flexibility index (Phi) is 6.35. The number of fused-ring (bicyclic) bond motifs is 5. The molecule has 0 aromatic carbocycles. The van der Waals surface area contributed by atoms with E-state index in [2.05, 4.69) is 53.7 Å². The monoisotopic (exact) mass is 456 g/mol. The summed E-state index contributed by atoms with van der Waals surface area (Å²) in [5, 5.41) is 20.0. The molecular weight excluding hydrogens is 408 g/mol. The van der Waals surface area contributed by atoms with Crippen LogP contribution in [0.4, 0.5) is 0 Å². The van der Waals surface area contributed by atoms with Crippen molar-refractivity contribution in [3.63, 3.8) is 0 Å². The Hall–Kier alpha value is -0.930. The summed E-state index contributed by atoms with van der Waals surface area (Å²) in [7, 11) is 0. The number of carbonyl (C=O) groups excluding carboxylic acids is 1. The zero-order chi connectivity index (χ0) is 24.4. The highest BCUT2D eigenvalue weighted by Crippen LogP contribution is 2.74. The average Bonchev–Trinajstić information content (AvgIpc) is 3.02. The quantitative estimate of drug-likeness (QED) is 0.465. The van der Waals surface area contributed by atoms with Gasteiger partial charge in [0.25, 0.3) is 0 Å². The lowest BCUT2D eigenvalue weighted by Crippen LogP contribution is -2.63. The smallest absolute Gasteiger partial charge is 0.140 e. The van der Waals surface area contributed by atoms with Gasteiger partial charge >= 0.3 is 0 Å². The molecule has 0 aromatic rings. The number of aliphatic hydroxyl groups is 2. The maximum absolute atomic E-state index is 14.2. The molecule has 33 heavy (non-hydrogen) atoms. The Balaban J connectivity index is 1.65. The summed E-state index contributed by atoms with van der Waals surface area (Å²) >= 11 is 0. The maximum atomic E-state index is 14.2. The number of rotatable bonds is 5. The van der Waals surface area contributed by atoms with Crippen LogP contribution in [-0.2, 0) is 4.79 Å². The Labute approximate surface area is 202 Å². The number of carbonyl (C=O) groups is 1. The summed E-state index contributed by atoms with van der Waals surface area (Å²) < 4.78 is 0. The molecular formula is C30H48O3. The minimum absolute atomic E-state index is 0.0540. The van der Waals surface area contributed by atoms with Crippen molar-refractivity contribution in [1.29, 1.82) is 0 Å². The number of hydrogen-bond donors (Lipinski definition) is 2. The SMILES string of the molecule is C/C(=C/CC[C@@H](C)[C@H]1CC[C@@]2(C)[C@@H]3CC=C4[C@@H](CC[C@H](O)C4(C)C)[C@]3(C)C(=O)C[C@]12C)CO. The Morgan fingerprint density at radius 1 is 1.15 bits per heavy atom. The van der Waals surface area contributed by atoms with Gasteiger partial charge in [-0.3, -0.25) is 4.79 Å². The van der Waals surface area contributed by atoms with E-state index in [4.69, 9.17) is 0 Å². The first-order valence-electron chi connectivity index (χ1n) is 13.5. The van der Waals surface area contributed by atoms with Crippen LogP contribution in [0.25, 0.3) is 0 Å². The first-order chi connectivity index (χ1) is 15.3. The van der Waals surface area contributed by atoms with Crippen LogP contribution >= 0.6 is 0 Å². The molecule has 0 radical (unpaired) electrons. The van der Waals surface area contributed by atoms with Crippen LogP contribution in [0.15, 0.2) is 23.3 Å². The van der Waals surface area contributed by atoms with Crippen LogP contribution in [0.1, 0.15) is 99.8 Å². The third-order valence-electron chi connectivity index (χ3n) is 11.7. The van der Waals surface area contributed by atoms with E-state index in [1.807, 2.05) is 6.92 Å². The molecule has 3 fully saturated rings. The number of hydrogen-bond acceptors (Lipinski definition) is 3. The fourth-order valence-corrected chi connectivity index (χ4v) is 9.24. The summed E-state index contributed by atoms with van der Waals surface area (Å²) in [4.78, 5) is 14.2. The molecule has 0 aromatic heterocycles. The van der Waals surface area contributed by atoms with Crippen LogP contribution in [-0.4, -0.2) is 28.7 Å². The van der Waals surface area contributed by atoms with Crippen molar-refractivity contribution in [2.24, 2.45) is 45.3 Å².